The number of nitrogens with zero attached hydrogens (tertiary/aromatic N) is 4. The molecule has 0 atom stereocenters. The topological polar surface area (TPSA) is 61.4 Å². The molecule has 6 heteroatoms. The van der Waals surface area contributed by atoms with Gasteiger partial charge in [0.1, 0.15) is 17.8 Å². The lowest BCUT2D eigenvalue weighted by Gasteiger charge is -2.21. The number of hydrogen-bond donors (Lipinski definition) is 1. The summed E-state index contributed by atoms with van der Waals surface area (Å²) in [7, 11) is 1.98. The Labute approximate surface area is 156 Å². The molecule has 2 rings (SSSR count). The Morgan fingerprint density at radius 3 is 2.38 bits per heavy atom. The zero-order valence-electron chi connectivity index (χ0n) is 16.2. The highest BCUT2D eigenvalue weighted by molar-refractivity contribution is 6.03. The molecule has 0 aliphatic heterocycles. The van der Waals surface area contributed by atoms with Crippen LogP contribution in [0.15, 0.2) is 36.7 Å². The summed E-state index contributed by atoms with van der Waals surface area (Å²) < 4.78 is 0. The van der Waals surface area contributed by atoms with Crippen molar-refractivity contribution < 1.29 is 4.79 Å². The fraction of sp³-hybridized carbons (Fsp3) is 0.450. The van der Waals surface area contributed by atoms with Crippen molar-refractivity contribution in [2.24, 2.45) is 0 Å². The monoisotopic (exact) mass is 355 g/mol. The van der Waals surface area contributed by atoms with Gasteiger partial charge in [-0.3, -0.25) is 4.79 Å². The Morgan fingerprint density at radius 1 is 1.08 bits per heavy atom. The average Bonchev–Trinajstić information content (AvgIpc) is 2.68. The largest absolute Gasteiger partial charge is 0.372 e. The zero-order valence-corrected chi connectivity index (χ0v) is 16.2. The lowest BCUT2D eigenvalue weighted by molar-refractivity contribution is 0.102. The lowest BCUT2D eigenvalue weighted by atomic mass is 10.2. The molecular formula is C20H29N5O. The highest BCUT2D eigenvalue weighted by Crippen LogP contribution is 2.18. The molecule has 1 heterocycles. The van der Waals surface area contributed by atoms with Crippen molar-refractivity contribution in [2.75, 3.05) is 41.8 Å². The van der Waals surface area contributed by atoms with E-state index in [1.165, 1.54) is 6.33 Å². The molecule has 0 saturated carbocycles. The van der Waals surface area contributed by atoms with E-state index in [0.717, 1.165) is 49.7 Å². The molecule has 0 aliphatic carbocycles. The number of aromatic nitrogens is 2. The van der Waals surface area contributed by atoms with E-state index in [-0.39, 0.29) is 5.91 Å². The van der Waals surface area contributed by atoms with E-state index in [0.29, 0.717) is 5.69 Å². The number of hydrogen-bond acceptors (Lipinski definition) is 5. The van der Waals surface area contributed by atoms with Gasteiger partial charge in [-0.25, -0.2) is 9.97 Å². The normalized spacial score (nSPS) is 10.5. The van der Waals surface area contributed by atoms with Crippen LogP contribution < -0.4 is 15.1 Å². The van der Waals surface area contributed by atoms with Crippen LogP contribution in [0.25, 0.3) is 0 Å². The first kappa shape index (κ1) is 19.7. The molecule has 1 aromatic carbocycles. The Hall–Kier alpha value is -2.63. The van der Waals surface area contributed by atoms with Crippen molar-refractivity contribution in [3.05, 3.63) is 42.4 Å². The molecule has 1 amide bonds. The van der Waals surface area contributed by atoms with Crippen LogP contribution in [-0.4, -0.2) is 42.6 Å². The minimum Gasteiger partial charge on any atom is -0.372 e. The SMILES string of the molecule is CCCCN(C)c1cc(C(=O)Nc2ccc(N(CC)CC)cc2)ncn1. The van der Waals surface area contributed by atoms with Crippen LogP contribution in [-0.2, 0) is 0 Å². The number of nitrogens with one attached hydrogen (secondary N) is 1. The summed E-state index contributed by atoms with van der Waals surface area (Å²) in [4.78, 5) is 25.2. The molecule has 0 saturated heterocycles. The van der Waals surface area contributed by atoms with E-state index in [1.54, 1.807) is 6.07 Å². The third kappa shape index (κ3) is 5.18. The van der Waals surface area contributed by atoms with Crippen LogP contribution in [0.1, 0.15) is 44.1 Å². The fourth-order valence-corrected chi connectivity index (χ4v) is 2.73. The first-order valence-corrected chi connectivity index (χ1v) is 9.28. The number of carbonyl (C=O) groups excluding carboxylic acids is 1. The van der Waals surface area contributed by atoms with Gasteiger partial charge in [0.2, 0.25) is 0 Å². The fourth-order valence-electron chi connectivity index (χ4n) is 2.73. The molecule has 0 aliphatic rings. The van der Waals surface area contributed by atoms with Crippen LogP contribution in [0.3, 0.4) is 0 Å². The summed E-state index contributed by atoms with van der Waals surface area (Å²) in [6.07, 6.45) is 3.64. The van der Waals surface area contributed by atoms with Crippen molar-refractivity contribution in [1.29, 1.82) is 0 Å². The molecule has 1 N–H and O–H groups in total. The molecule has 26 heavy (non-hydrogen) atoms. The van der Waals surface area contributed by atoms with Gasteiger partial charge < -0.3 is 15.1 Å². The Balaban J connectivity index is 2.05. The van der Waals surface area contributed by atoms with Crippen molar-refractivity contribution in [3.8, 4) is 0 Å². The number of unbranched alkanes of at least 4 members (excludes halogenated alkanes) is 1. The second kappa shape index (κ2) is 9.75. The maximum absolute atomic E-state index is 12.5. The maximum atomic E-state index is 12.5. The molecule has 0 radical (unpaired) electrons. The summed E-state index contributed by atoms with van der Waals surface area (Å²) in [6.45, 7) is 9.22. The van der Waals surface area contributed by atoms with E-state index < -0.39 is 0 Å². The Bertz CT molecular complexity index is 698. The minimum absolute atomic E-state index is 0.229. The summed E-state index contributed by atoms with van der Waals surface area (Å²) in [5.74, 6) is 0.531. The van der Waals surface area contributed by atoms with Crippen LogP contribution in [0.4, 0.5) is 17.2 Å². The van der Waals surface area contributed by atoms with Crippen LogP contribution in [0, 0.1) is 0 Å². The first-order chi connectivity index (χ1) is 12.6. The average molecular weight is 355 g/mol. The van der Waals surface area contributed by atoms with Gasteiger partial charge in [0.05, 0.1) is 0 Å². The van der Waals surface area contributed by atoms with E-state index in [2.05, 4.69) is 41.0 Å². The van der Waals surface area contributed by atoms with E-state index in [4.69, 9.17) is 0 Å². The molecule has 0 fully saturated rings. The summed E-state index contributed by atoms with van der Waals surface area (Å²) in [6, 6.07) is 9.61. The number of benzene rings is 1. The third-order valence-electron chi connectivity index (χ3n) is 4.38. The first-order valence-electron chi connectivity index (χ1n) is 9.28. The van der Waals surface area contributed by atoms with Crippen molar-refractivity contribution >= 4 is 23.1 Å². The maximum Gasteiger partial charge on any atom is 0.274 e. The van der Waals surface area contributed by atoms with Crippen molar-refractivity contribution in [3.63, 3.8) is 0 Å². The predicted molar refractivity (Wildman–Crippen MR) is 108 cm³/mol. The van der Waals surface area contributed by atoms with Crippen molar-refractivity contribution in [1.82, 2.24) is 9.97 Å². The minimum atomic E-state index is -0.229. The second-order valence-corrected chi connectivity index (χ2v) is 6.21. The van der Waals surface area contributed by atoms with Gasteiger partial charge in [-0.1, -0.05) is 13.3 Å². The molecule has 1 aromatic heterocycles. The van der Waals surface area contributed by atoms with Gasteiger partial charge in [0.25, 0.3) is 5.91 Å². The number of anilines is 3. The summed E-state index contributed by atoms with van der Waals surface area (Å²) in [5, 5.41) is 2.90. The summed E-state index contributed by atoms with van der Waals surface area (Å²) in [5.41, 5.74) is 2.27. The molecule has 6 nitrogen and oxygen atoms in total. The molecule has 140 valence electrons. The van der Waals surface area contributed by atoms with Gasteiger partial charge in [0.15, 0.2) is 0 Å². The third-order valence-corrected chi connectivity index (χ3v) is 4.38. The van der Waals surface area contributed by atoms with E-state index in [1.807, 2.05) is 36.2 Å². The highest BCUT2D eigenvalue weighted by atomic mass is 16.1. The van der Waals surface area contributed by atoms with Crippen LogP contribution in [0.2, 0.25) is 0 Å². The molecule has 0 bridgehead atoms. The number of amides is 1. The Morgan fingerprint density at radius 2 is 1.77 bits per heavy atom. The van der Waals surface area contributed by atoms with Crippen molar-refractivity contribution in [2.45, 2.75) is 33.6 Å². The Kier molecular flexibility index (Phi) is 7.38. The number of rotatable bonds is 9. The van der Waals surface area contributed by atoms with E-state index in [9.17, 15) is 4.79 Å². The zero-order chi connectivity index (χ0) is 18.9. The second-order valence-electron chi connectivity index (χ2n) is 6.21. The van der Waals surface area contributed by atoms with Gasteiger partial charge in [-0.05, 0) is 44.5 Å². The van der Waals surface area contributed by atoms with Gasteiger partial charge in [-0.15, -0.1) is 0 Å². The van der Waals surface area contributed by atoms with Crippen LogP contribution in [0.5, 0.6) is 0 Å². The lowest BCUT2D eigenvalue weighted by Crippen LogP contribution is -2.22. The standard InChI is InChI=1S/C20H29N5O/c1-5-8-13-24(4)19-14-18(21-15-22-19)20(26)23-16-9-11-17(12-10-16)25(6-2)7-3/h9-12,14-15H,5-8,13H2,1-4H3,(H,23,26). The predicted octanol–water partition coefficient (Wildman–Crippen LogP) is 3.81. The van der Waals surface area contributed by atoms with Gasteiger partial charge in [0, 0.05) is 44.1 Å². The van der Waals surface area contributed by atoms with Crippen LogP contribution >= 0.6 is 0 Å². The molecule has 0 unspecified atom stereocenters. The summed E-state index contributed by atoms with van der Waals surface area (Å²) >= 11 is 0. The van der Waals surface area contributed by atoms with E-state index >= 15 is 0 Å². The highest BCUT2D eigenvalue weighted by Gasteiger charge is 2.11. The molecule has 2 aromatic rings. The van der Waals surface area contributed by atoms with Gasteiger partial charge in [-0.2, -0.15) is 0 Å². The molecular weight excluding hydrogens is 326 g/mol. The smallest absolute Gasteiger partial charge is 0.274 e. The quantitative estimate of drug-likeness (QED) is 0.741. The number of carbonyl (C=O) groups is 1. The van der Waals surface area contributed by atoms with Gasteiger partial charge >= 0.3 is 0 Å². The molecule has 0 spiro atoms.